The summed E-state index contributed by atoms with van der Waals surface area (Å²) in [7, 11) is 0. The third kappa shape index (κ3) is 6.19. The van der Waals surface area contributed by atoms with E-state index in [0.29, 0.717) is 12.1 Å². The maximum Gasteiger partial charge on any atom is 0.251 e. The first kappa shape index (κ1) is 21.1. The highest BCUT2D eigenvalue weighted by atomic mass is 16.1. The molecule has 4 nitrogen and oxygen atoms in total. The van der Waals surface area contributed by atoms with Gasteiger partial charge in [0.25, 0.3) is 5.91 Å². The number of hydrogen-bond donors (Lipinski definition) is 1. The molecule has 1 heterocycles. The topological polar surface area (TPSA) is 35.6 Å². The summed E-state index contributed by atoms with van der Waals surface area (Å²) in [5, 5.41) is 3.02. The van der Waals surface area contributed by atoms with E-state index in [9.17, 15) is 4.79 Å². The molecule has 31 heavy (non-hydrogen) atoms. The van der Waals surface area contributed by atoms with Crippen molar-refractivity contribution in [2.75, 3.05) is 37.6 Å². The van der Waals surface area contributed by atoms with Crippen molar-refractivity contribution in [1.29, 1.82) is 0 Å². The van der Waals surface area contributed by atoms with Gasteiger partial charge in [0.15, 0.2) is 0 Å². The highest BCUT2D eigenvalue weighted by Gasteiger charge is 2.18. The molecular formula is C27H31N3O. The molecule has 2 aromatic rings. The second-order valence-corrected chi connectivity index (χ2v) is 8.13. The number of rotatable bonds is 6. The van der Waals surface area contributed by atoms with Gasteiger partial charge in [-0.1, -0.05) is 60.7 Å². The summed E-state index contributed by atoms with van der Waals surface area (Å²) in [5.74, 6) is -0.0352. The Bertz CT molecular complexity index is 953. The normalized spacial score (nSPS) is 20.8. The third-order valence-corrected chi connectivity index (χ3v) is 5.82. The average Bonchev–Trinajstić information content (AvgIpc) is 2.80. The van der Waals surface area contributed by atoms with Gasteiger partial charge in [0.2, 0.25) is 0 Å². The quantitative estimate of drug-likeness (QED) is 0.753. The zero-order valence-electron chi connectivity index (χ0n) is 18.0. The van der Waals surface area contributed by atoms with Crippen molar-refractivity contribution in [2.45, 2.75) is 19.4 Å². The van der Waals surface area contributed by atoms with Gasteiger partial charge in [-0.15, -0.1) is 0 Å². The van der Waals surface area contributed by atoms with E-state index in [2.05, 4.69) is 69.8 Å². The zero-order valence-corrected chi connectivity index (χ0v) is 18.0. The number of amides is 1. The first-order valence-electron chi connectivity index (χ1n) is 11.2. The summed E-state index contributed by atoms with van der Waals surface area (Å²) in [6.07, 6.45) is 13.5. The standard InChI is InChI=1S/C27H31N3O/c31-27(25-13-7-4-8-14-25)28-21-24-12-9-15-26(20-24)30-18-16-29(17-19-30)22-23-10-5-2-1-3-6-11-23/h2,4-15,20H,1,3,16-19,21-22H2,(H,28,31)/b5-2-,11-6-,23-10+. The predicted octanol–water partition coefficient (Wildman–Crippen LogP) is 4.57. The van der Waals surface area contributed by atoms with E-state index in [4.69, 9.17) is 0 Å². The molecule has 160 valence electrons. The van der Waals surface area contributed by atoms with Gasteiger partial charge in [0.1, 0.15) is 0 Å². The molecule has 1 amide bonds. The molecule has 0 spiro atoms. The maximum atomic E-state index is 12.3. The molecule has 2 aliphatic rings. The summed E-state index contributed by atoms with van der Waals surface area (Å²) in [5.41, 5.74) is 4.44. The second-order valence-electron chi connectivity index (χ2n) is 8.13. The van der Waals surface area contributed by atoms with Crippen LogP contribution in [0.4, 0.5) is 5.69 Å². The van der Waals surface area contributed by atoms with E-state index in [0.717, 1.165) is 51.1 Å². The van der Waals surface area contributed by atoms with E-state index in [1.807, 2.05) is 30.3 Å². The van der Waals surface area contributed by atoms with Gasteiger partial charge in [0, 0.05) is 50.5 Å². The van der Waals surface area contributed by atoms with Crippen LogP contribution in [0.25, 0.3) is 0 Å². The Labute approximate surface area is 185 Å². The molecule has 0 atom stereocenters. The number of carbonyl (C=O) groups is 1. The molecule has 1 fully saturated rings. The molecule has 4 heteroatoms. The van der Waals surface area contributed by atoms with Gasteiger partial charge in [-0.3, -0.25) is 9.69 Å². The van der Waals surface area contributed by atoms with Gasteiger partial charge in [0.05, 0.1) is 0 Å². The lowest BCUT2D eigenvalue weighted by atomic mass is 10.1. The van der Waals surface area contributed by atoms with Gasteiger partial charge in [-0.05, 0) is 48.2 Å². The predicted molar refractivity (Wildman–Crippen MR) is 128 cm³/mol. The van der Waals surface area contributed by atoms with Crippen LogP contribution >= 0.6 is 0 Å². The second kappa shape index (κ2) is 10.8. The molecule has 2 aromatic carbocycles. The lowest BCUT2D eigenvalue weighted by Gasteiger charge is -2.36. The van der Waals surface area contributed by atoms with Gasteiger partial charge in [-0.2, -0.15) is 0 Å². The number of hydrogen-bond acceptors (Lipinski definition) is 3. The molecule has 1 N–H and O–H groups in total. The van der Waals surface area contributed by atoms with E-state index in [1.54, 1.807) is 0 Å². The average molecular weight is 414 g/mol. The van der Waals surface area contributed by atoms with Crippen molar-refractivity contribution >= 4 is 11.6 Å². The van der Waals surface area contributed by atoms with E-state index in [-0.39, 0.29) is 5.91 Å². The number of piperazine rings is 1. The monoisotopic (exact) mass is 413 g/mol. The fourth-order valence-corrected chi connectivity index (χ4v) is 4.04. The summed E-state index contributed by atoms with van der Waals surface area (Å²) in [6, 6.07) is 17.9. The van der Waals surface area contributed by atoms with E-state index < -0.39 is 0 Å². The largest absolute Gasteiger partial charge is 0.369 e. The van der Waals surface area contributed by atoms with Crippen molar-refractivity contribution in [1.82, 2.24) is 10.2 Å². The summed E-state index contributed by atoms with van der Waals surface area (Å²) >= 11 is 0. The fraction of sp³-hybridized carbons (Fsp3) is 0.296. The number of allylic oxidation sites excluding steroid dienone is 4. The minimum Gasteiger partial charge on any atom is -0.369 e. The molecule has 0 unspecified atom stereocenters. The Hall–Kier alpha value is -3.11. The van der Waals surface area contributed by atoms with Crippen molar-refractivity contribution < 1.29 is 4.79 Å². The lowest BCUT2D eigenvalue weighted by Crippen LogP contribution is -2.46. The summed E-state index contributed by atoms with van der Waals surface area (Å²) in [6.45, 7) is 5.71. The Morgan fingerprint density at radius 3 is 2.55 bits per heavy atom. The Kier molecular flexibility index (Phi) is 7.35. The number of carbonyl (C=O) groups excluding carboxylic acids is 1. The first-order valence-corrected chi connectivity index (χ1v) is 11.2. The first-order chi connectivity index (χ1) is 15.3. The highest BCUT2D eigenvalue weighted by molar-refractivity contribution is 5.94. The number of benzene rings is 2. The Balaban J connectivity index is 1.29. The van der Waals surface area contributed by atoms with Crippen LogP contribution < -0.4 is 10.2 Å². The molecule has 1 aliphatic carbocycles. The van der Waals surface area contributed by atoms with E-state index in [1.165, 1.54) is 11.3 Å². The number of nitrogens with one attached hydrogen (secondary N) is 1. The molecule has 4 rings (SSSR count). The molecule has 0 radical (unpaired) electrons. The lowest BCUT2D eigenvalue weighted by molar-refractivity contribution is 0.0951. The molecule has 1 aliphatic heterocycles. The van der Waals surface area contributed by atoms with Gasteiger partial charge < -0.3 is 10.2 Å². The fourth-order valence-electron chi connectivity index (χ4n) is 4.04. The van der Waals surface area contributed by atoms with Crippen LogP contribution in [0, 0.1) is 0 Å². The minimum atomic E-state index is -0.0352. The van der Waals surface area contributed by atoms with Crippen molar-refractivity contribution in [2.24, 2.45) is 0 Å². The summed E-state index contributed by atoms with van der Waals surface area (Å²) < 4.78 is 0. The smallest absolute Gasteiger partial charge is 0.251 e. The molecular weight excluding hydrogens is 382 g/mol. The molecule has 0 bridgehead atoms. The SMILES string of the molecule is O=C(NCc1cccc(N2CCN(CC3=C/C=C\CC/C=C\3)CC2)c1)c1ccccc1. The van der Waals surface area contributed by atoms with E-state index >= 15 is 0 Å². The minimum absolute atomic E-state index is 0.0352. The van der Waals surface area contributed by atoms with Crippen LogP contribution in [0.2, 0.25) is 0 Å². The Morgan fingerprint density at radius 1 is 0.903 bits per heavy atom. The summed E-state index contributed by atoms with van der Waals surface area (Å²) in [4.78, 5) is 17.3. The van der Waals surface area contributed by atoms with Crippen molar-refractivity contribution in [3.05, 3.63) is 102 Å². The number of anilines is 1. The van der Waals surface area contributed by atoms with Crippen LogP contribution in [-0.2, 0) is 6.54 Å². The Morgan fingerprint density at radius 2 is 1.71 bits per heavy atom. The van der Waals surface area contributed by atoms with Crippen LogP contribution in [0.15, 0.2) is 90.6 Å². The van der Waals surface area contributed by atoms with Crippen LogP contribution in [0.3, 0.4) is 0 Å². The third-order valence-electron chi connectivity index (χ3n) is 5.82. The molecule has 0 aromatic heterocycles. The van der Waals surface area contributed by atoms with Crippen LogP contribution in [-0.4, -0.2) is 43.5 Å². The van der Waals surface area contributed by atoms with Gasteiger partial charge >= 0.3 is 0 Å². The molecule has 1 saturated heterocycles. The van der Waals surface area contributed by atoms with Crippen molar-refractivity contribution in [3.63, 3.8) is 0 Å². The number of nitrogens with zero attached hydrogens (tertiary/aromatic N) is 2. The van der Waals surface area contributed by atoms with Crippen LogP contribution in [0.1, 0.15) is 28.8 Å². The van der Waals surface area contributed by atoms with Crippen molar-refractivity contribution in [3.8, 4) is 0 Å². The maximum absolute atomic E-state index is 12.3. The van der Waals surface area contributed by atoms with Crippen LogP contribution in [0.5, 0.6) is 0 Å². The zero-order chi connectivity index (χ0) is 21.3. The van der Waals surface area contributed by atoms with Gasteiger partial charge in [-0.25, -0.2) is 0 Å². The molecule has 0 saturated carbocycles. The highest BCUT2D eigenvalue weighted by Crippen LogP contribution is 2.19.